The number of aliphatic carboxylic acids is 1. The molecule has 2 aromatic rings. The highest BCUT2D eigenvalue weighted by Crippen LogP contribution is 2.27. The minimum atomic E-state index is -0.988. The molecule has 0 saturated heterocycles. The Morgan fingerprint density at radius 2 is 2.21 bits per heavy atom. The number of carbonyl (C=O) groups excluding carboxylic acids is 1. The van der Waals surface area contributed by atoms with Gasteiger partial charge in [-0.1, -0.05) is 11.3 Å². The fourth-order valence-electron chi connectivity index (χ4n) is 1.21. The number of carboxylic acids is 1. The van der Waals surface area contributed by atoms with Crippen LogP contribution in [0.5, 0.6) is 11.1 Å². The van der Waals surface area contributed by atoms with E-state index in [1.54, 1.807) is 6.92 Å². The van der Waals surface area contributed by atoms with Crippen molar-refractivity contribution in [2.45, 2.75) is 13.3 Å². The molecular formula is C10H7N2O5S2. The molecule has 0 aliphatic heterocycles. The van der Waals surface area contributed by atoms with Gasteiger partial charge in [0.2, 0.25) is 5.88 Å². The van der Waals surface area contributed by atoms with E-state index in [4.69, 9.17) is 9.84 Å². The van der Waals surface area contributed by atoms with Crippen LogP contribution in [0.1, 0.15) is 20.9 Å². The van der Waals surface area contributed by atoms with Crippen LogP contribution in [0.2, 0.25) is 0 Å². The smallest absolute Gasteiger partial charge is 0.352 e. The van der Waals surface area contributed by atoms with Crippen molar-refractivity contribution in [2.24, 2.45) is 0 Å². The summed E-state index contributed by atoms with van der Waals surface area (Å²) < 4.78 is 8.42. The van der Waals surface area contributed by atoms with Gasteiger partial charge in [-0.2, -0.15) is 4.37 Å². The molecule has 2 aromatic heterocycles. The van der Waals surface area contributed by atoms with Crippen LogP contribution in [-0.2, 0) is 11.2 Å². The third-order valence-electron chi connectivity index (χ3n) is 2.07. The largest absolute Gasteiger partial charge is 0.492 e. The molecule has 0 aromatic carbocycles. The molecule has 7 nitrogen and oxygen atoms in total. The van der Waals surface area contributed by atoms with E-state index >= 15 is 0 Å². The second-order valence-corrected chi connectivity index (χ2v) is 5.05. The van der Waals surface area contributed by atoms with E-state index in [1.807, 2.05) is 0 Å². The van der Waals surface area contributed by atoms with Crippen LogP contribution in [-0.4, -0.2) is 31.5 Å². The lowest BCUT2D eigenvalue weighted by Gasteiger charge is -1.96. The van der Waals surface area contributed by atoms with E-state index in [9.17, 15) is 14.7 Å². The Morgan fingerprint density at radius 3 is 2.79 bits per heavy atom. The number of ether oxygens (including phenoxy) is 1. The van der Waals surface area contributed by atoms with Crippen molar-refractivity contribution in [3.63, 3.8) is 0 Å². The molecule has 0 unspecified atom stereocenters. The van der Waals surface area contributed by atoms with Gasteiger partial charge in [0.25, 0.3) is 5.19 Å². The number of aromatic hydroxyl groups is 1. The van der Waals surface area contributed by atoms with Gasteiger partial charge in [0.15, 0.2) is 0 Å². The molecule has 0 bridgehead atoms. The quantitative estimate of drug-likeness (QED) is 0.818. The van der Waals surface area contributed by atoms with Crippen LogP contribution in [0, 0.1) is 12.3 Å². The molecular weight excluding hydrogens is 292 g/mol. The molecule has 2 heterocycles. The van der Waals surface area contributed by atoms with Gasteiger partial charge >= 0.3 is 11.9 Å². The zero-order valence-electron chi connectivity index (χ0n) is 9.54. The summed E-state index contributed by atoms with van der Waals surface area (Å²) in [4.78, 5) is 26.7. The maximum Gasteiger partial charge on any atom is 0.352 e. The van der Waals surface area contributed by atoms with E-state index in [-0.39, 0.29) is 17.2 Å². The van der Waals surface area contributed by atoms with Gasteiger partial charge in [-0.25, -0.2) is 9.78 Å². The van der Waals surface area contributed by atoms with Crippen LogP contribution >= 0.6 is 22.9 Å². The third kappa shape index (κ3) is 3.06. The molecule has 19 heavy (non-hydrogen) atoms. The molecule has 1 radical (unpaired) electrons. The summed E-state index contributed by atoms with van der Waals surface area (Å²) >= 11 is 1.77. The van der Waals surface area contributed by atoms with E-state index in [0.29, 0.717) is 10.6 Å². The predicted octanol–water partition coefficient (Wildman–Crippen LogP) is 1.26. The highest BCUT2D eigenvalue weighted by Gasteiger charge is 2.19. The van der Waals surface area contributed by atoms with Gasteiger partial charge in [0.05, 0.1) is 17.5 Å². The maximum atomic E-state index is 11.6. The Morgan fingerprint density at radius 1 is 1.47 bits per heavy atom. The topological polar surface area (TPSA) is 110 Å². The van der Waals surface area contributed by atoms with Gasteiger partial charge < -0.3 is 14.9 Å². The summed E-state index contributed by atoms with van der Waals surface area (Å²) in [5, 5.41) is 20.4. The Kier molecular flexibility index (Phi) is 3.76. The van der Waals surface area contributed by atoms with Gasteiger partial charge in [-0.05, 0) is 18.5 Å². The van der Waals surface area contributed by atoms with Gasteiger partial charge in [-0.3, -0.25) is 4.79 Å². The fourth-order valence-corrected chi connectivity index (χ4v) is 2.60. The maximum absolute atomic E-state index is 11.6. The zero-order valence-corrected chi connectivity index (χ0v) is 11.2. The average Bonchev–Trinajstić information content (AvgIpc) is 2.85. The number of rotatable bonds is 4. The molecule has 0 atom stereocenters. The molecule has 0 fully saturated rings. The number of esters is 1. The van der Waals surface area contributed by atoms with Crippen LogP contribution in [0.15, 0.2) is 0 Å². The summed E-state index contributed by atoms with van der Waals surface area (Å²) in [5.74, 6) is -2.27. The zero-order chi connectivity index (χ0) is 14.0. The number of aryl methyl sites for hydroxylation is 1. The molecule has 0 saturated carbocycles. The lowest BCUT2D eigenvalue weighted by Crippen LogP contribution is -2.07. The number of nitrogens with zero attached hydrogens (tertiary/aromatic N) is 2. The molecule has 0 amide bonds. The minimum Gasteiger partial charge on any atom is -0.492 e. The van der Waals surface area contributed by atoms with Crippen molar-refractivity contribution in [3.8, 4) is 11.1 Å². The van der Waals surface area contributed by atoms with Crippen molar-refractivity contribution < 1.29 is 24.5 Å². The van der Waals surface area contributed by atoms with Crippen LogP contribution < -0.4 is 4.74 Å². The van der Waals surface area contributed by atoms with Crippen molar-refractivity contribution in [1.82, 2.24) is 9.36 Å². The Hall–Kier alpha value is -2.00. The van der Waals surface area contributed by atoms with Crippen molar-refractivity contribution >= 4 is 34.8 Å². The standard InChI is InChI=1S/C10H7N2O5S2/c1-4-6(2-7(13)14)19-10(11-4)17-9(16)5-3-18-12-8(5)15/h2H2,1H3,(H,12,15)(H,13,14). The normalized spacial score (nSPS) is 10.4. The van der Waals surface area contributed by atoms with Crippen LogP contribution in [0.4, 0.5) is 0 Å². The summed E-state index contributed by atoms with van der Waals surface area (Å²) in [6.07, 6.45) is -0.182. The van der Waals surface area contributed by atoms with E-state index < -0.39 is 17.8 Å². The number of hydrogen-bond acceptors (Lipinski definition) is 8. The summed E-state index contributed by atoms with van der Waals surface area (Å²) in [6.45, 7) is 1.63. The molecule has 0 aliphatic carbocycles. The summed E-state index contributed by atoms with van der Waals surface area (Å²) in [6, 6.07) is 0. The number of hydrogen-bond donors (Lipinski definition) is 2. The summed E-state index contributed by atoms with van der Waals surface area (Å²) in [7, 11) is 0. The number of carboxylic acid groups (broad SMARTS) is 1. The van der Waals surface area contributed by atoms with Crippen molar-refractivity contribution in [1.29, 1.82) is 0 Å². The molecule has 9 heteroatoms. The van der Waals surface area contributed by atoms with E-state index in [0.717, 1.165) is 22.9 Å². The molecule has 2 rings (SSSR count). The second-order valence-electron chi connectivity index (χ2n) is 3.43. The highest BCUT2D eigenvalue weighted by molar-refractivity contribution is 7.13. The van der Waals surface area contributed by atoms with E-state index in [1.165, 1.54) is 0 Å². The van der Waals surface area contributed by atoms with Crippen LogP contribution in [0.3, 0.4) is 0 Å². The fraction of sp³-hybridized carbons (Fsp3) is 0.200. The Balaban J connectivity index is 2.14. The molecule has 0 spiro atoms. The second kappa shape index (κ2) is 5.33. The first kappa shape index (κ1) is 13.4. The van der Waals surface area contributed by atoms with Gasteiger partial charge in [0.1, 0.15) is 5.56 Å². The first-order valence-electron chi connectivity index (χ1n) is 4.94. The summed E-state index contributed by atoms with van der Waals surface area (Å²) in [5.41, 5.74) is 0.324. The highest BCUT2D eigenvalue weighted by atomic mass is 32.1. The SMILES string of the molecule is Cc1nc(OC(=O)c2[c]snc2O)sc1CC(=O)O. The Bertz CT molecular complexity index is 634. The van der Waals surface area contributed by atoms with Crippen molar-refractivity contribution in [2.75, 3.05) is 0 Å². The number of carbonyl (C=O) groups is 2. The first-order valence-corrected chi connectivity index (χ1v) is 6.53. The van der Waals surface area contributed by atoms with Gasteiger partial charge in [-0.15, -0.1) is 0 Å². The van der Waals surface area contributed by atoms with E-state index in [2.05, 4.69) is 14.7 Å². The lowest BCUT2D eigenvalue weighted by atomic mass is 10.3. The minimum absolute atomic E-state index is 0.0257. The first-order chi connectivity index (χ1) is 8.97. The molecule has 2 N–H and O–H groups in total. The molecule has 99 valence electrons. The average molecular weight is 299 g/mol. The number of thiazole rings is 1. The number of aromatic nitrogens is 2. The van der Waals surface area contributed by atoms with Crippen LogP contribution in [0.25, 0.3) is 0 Å². The lowest BCUT2D eigenvalue weighted by molar-refractivity contribution is -0.136. The third-order valence-corrected chi connectivity index (χ3v) is 3.67. The van der Waals surface area contributed by atoms with Gasteiger partial charge in [0, 0.05) is 4.88 Å². The van der Waals surface area contributed by atoms with Crippen molar-refractivity contribution in [3.05, 3.63) is 21.5 Å². The molecule has 0 aliphatic rings. The monoisotopic (exact) mass is 299 g/mol. The Labute approximate surface area is 115 Å². The predicted molar refractivity (Wildman–Crippen MR) is 65.8 cm³/mol.